The fourth-order valence-electron chi connectivity index (χ4n) is 4.08. The molecule has 1 saturated heterocycles. The topological polar surface area (TPSA) is 107 Å². The molecule has 2 aliphatic rings. The minimum absolute atomic E-state index is 0.00122. The van der Waals surface area contributed by atoms with Gasteiger partial charge in [0.05, 0.1) is 22.6 Å². The van der Waals surface area contributed by atoms with Gasteiger partial charge in [-0.2, -0.15) is 13.2 Å². The number of halogens is 5. The summed E-state index contributed by atoms with van der Waals surface area (Å²) < 4.78 is 70.5. The van der Waals surface area contributed by atoms with Gasteiger partial charge in [0.15, 0.2) is 5.01 Å². The Morgan fingerprint density at radius 2 is 1.95 bits per heavy atom. The zero-order chi connectivity index (χ0) is 28.0. The summed E-state index contributed by atoms with van der Waals surface area (Å²) >= 11 is 0.524. The van der Waals surface area contributed by atoms with Crippen molar-refractivity contribution >= 4 is 29.0 Å². The normalized spacial score (nSPS) is 19.5. The smallest absolute Gasteiger partial charge is 0.389 e. The average Bonchev–Trinajstić information content (AvgIpc) is 3.45. The van der Waals surface area contributed by atoms with Crippen molar-refractivity contribution in [3.63, 3.8) is 0 Å². The van der Waals surface area contributed by atoms with Gasteiger partial charge in [-0.05, 0) is 45.6 Å². The molecule has 1 aliphatic carbocycles. The number of nitrogens with one attached hydrogen (secondary N) is 2. The molecule has 4 rings (SSSR count). The van der Waals surface area contributed by atoms with Crippen LogP contribution in [0.25, 0.3) is 10.4 Å². The predicted molar refractivity (Wildman–Crippen MR) is 130 cm³/mol. The van der Waals surface area contributed by atoms with Crippen molar-refractivity contribution in [2.75, 3.05) is 25.0 Å². The predicted octanol–water partition coefficient (Wildman–Crippen LogP) is 4.42. The molecule has 3 N–H and O–H groups in total. The number of aliphatic hydroxyl groups is 1. The fourth-order valence-corrected chi connectivity index (χ4v) is 5.07. The second kappa shape index (κ2) is 10.0. The summed E-state index contributed by atoms with van der Waals surface area (Å²) in [4.78, 5) is 34.7. The van der Waals surface area contributed by atoms with Crippen LogP contribution in [-0.2, 0) is 6.18 Å². The highest BCUT2D eigenvalue weighted by atomic mass is 32.1. The molecule has 0 radical (unpaired) electrons. The molecule has 2 aromatic rings. The first-order valence-corrected chi connectivity index (χ1v) is 12.9. The maximum atomic E-state index is 14.2. The Balaban J connectivity index is 1.77. The van der Waals surface area contributed by atoms with Crippen LogP contribution in [0.2, 0.25) is 0 Å². The van der Waals surface area contributed by atoms with E-state index >= 15 is 0 Å². The lowest BCUT2D eigenvalue weighted by atomic mass is 10.1. The number of aromatic nitrogens is 2. The molecule has 0 aromatic carbocycles. The molecule has 14 heteroatoms. The van der Waals surface area contributed by atoms with Crippen molar-refractivity contribution in [3.8, 4) is 10.4 Å². The molecular weight excluding hydrogens is 533 g/mol. The molecule has 1 aliphatic heterocycles. The molecule has 0 spiro atoms. The first kappa shape index (κ1) is 28.1. The Labute approximate surface area is 219 Å². The van der Waals surface area contributed by atoms with Crippen LogP contribution in [0.5, 0.6) is 0 Å². The number of hydrogen-bond donors (Lipinski definition) is 3. The van der Waals surface area contributed by atoms with Gasteiger partial charge in [-0.15, -0.1) is 11.3 Å². The fraction of sp³-hybridized carbons (Fsp3) is 0.583. The van der Waals surface area contributed by atoms with Gasteiger partial charge in [-0.1, -0.05) is 0 Å². The summed E-state index contributed by atoms with van der Waals surface area (Å²) in [5.41, 5.74) is -3.43. The van der Waals surface area contributed by atoms with E-state index in [4.69, 9.17) is 0 Å². The molecule has 1 saturated carbocycles. The maximum Gasteiger partial charge on any atom is 0.417 e. The first-order chi connectivity index (χ1) is 17.5. The van der Waals surface area contributed by atoms with E-state index < -0.39 is 65.3 Å². The summed E-state index contributed by atoms with van der Waals surface area (Å²) in [5.74, 6) is -4.62. The second-order valence-corrected chi connectivity index (χ2v) is 11.5. The molecule has 38 heavy (non-hydrogen) atoms. The number of nitrogens with zero attached hydrogens (tertiary/aromatic N) is 3. The highest BCUT2D eigenvalue weighted by Gasteiger charge is 2.46. The van der Waals surface area contributed by atoms with Crippen LogP contribution in [0.3, 0.4) is 0 Å². The Morgan fingerprint density at radius 1 is 1.26 bits per heavy atom. The van der Waals surface area contributed by atoms with E-state index in [1.807, 2.05) is 0 Å². The van der Waals surface area contributed by atoms with Gasteiger partial charge >= 0.3 is 6.18 Å². The van der Waals surface area contributed by atoms with E-state index in [9.17, 15) is 36.6 Å². The van der Waals surface area contributed by atoms with Crippen molar-refractivity contribution < 1.29 is 36.6 Å². The van der Waals surface area contributed by atoms with Gasteiger partial charge in [0.1, 0.15) is 11.5 Å². The van der Waals surface area contributed by atoms with Crippen LogP contribution >= 0.6 is 11.3 Å². The quantitative estimate of drug-likeness (QED) is 0.412. The minimum atomic E-state index is -4.85. The van der Waals surface area contributed by atoms with Crippen LogP contribution < -0.4 is 10.6 Å². The number of amides is 2. The Hall–Kier alpha value is -2.87. The molecule has 2 fully saturated rings. The molecule has 8 nitrogen and oxygen atoms in total. The number of rotatable bonds is 8. The van der Waals surface area contributed by atoms with E-state index in [0.29, 0.717) is 23.8 Å². The first-order valence-electron chi connectivity index (χ1n) is 12.1. The van der Waals surface area contributed by atoms with Crippen LogP contribution in [0.4, 0.5) is 27.8 Å². The van der Waals surface area contributed by atoms with E-state index in [1.54, 1.807) is 0 Å². The third-order valence-electron chi connectivity index (χ3n) is 6.22. The van der Waals surface area contributed by atoms with Crippen molar-refractivity contribution in [1.82, 2.24) is 20.2 Å². The Morgan fingerprint density at radius 3 is 2.50 bits per heavy atom. The molecule has 0 bridgehead atoms. The molecular formula is C24H28F5N5O3S. The lowest BCUT2D eigenvalue weighted by Crippen LogP contribution is -2.38. The molecule has 2 aromatic heterocycles. The standard InChI is InChI=1S/C24H28F5N5O3S/c1-12-7-23(25,26)11-34(12)21(36)17-18(38-20(33-17)19(35)32-10-22(2,3)37)14-9-31-16(30-8-13-4-5-13)6-15(14)24(27,28)29/h6,9,12-13,37H,4-5,7-8,10-11H2,1-3H3,(H,30,31)(H,32,35). The van der Waals surface area contributed by atoms with Crippen molar-refractivity contribution in [2.24, 2.45) is 5.92 Å². The van der Waals surface area contributed by atoms with Gasteiger partial charge < -0.3 is 20.6 Å². The molecule has 208 valence electrons. The number of anilines is 1. The van der Waals surface area contributed by atoms with Crippen molar-refractivity contribution in [1.29, 1.82) is 0 Å². The third kappa shape index (κ3) is 6.57. The van der Waals surface area contributed by atoms with Gasteiger partial charge in [-0.3, -0.25) is 9.59 Å². The lowest BCUT2D eigenvalue weighted by molar-refractivity contribution is -0.137. The SMILES string of the molecule is CC1CC(F)(F)CN1C(=O)c1nc(C(=O)NCC(C)(C)O)sc1-c1cnc(NCC2CC2)cc1C(F)(F)F. The van der Waals surface area contributed by atoms with Gasteiger partial charge in [0, 0.05) is 37.3 Å². The van der Waals surface area contributed by atoms with E-state index in [-0.39, 0.29) is 22.2 Å². The largest absolute Gasteiger partial charge is 0.417 e. The number of carbonyl (C=O) groups is 2. The second-order valence-electron chi connectivity index (χ2n) is 10.5. The number of alkyl halides is 5. The van der Waals surface area contributed by atoms with Gasteiger partial charge in [-0.25, -0.2) is 18.7 Å². The molecule has 2 amide bonds. The van der Waals surface area contributed by atoms with Gasteiger partial charge in [0.2, 0.25) is 0 Å². The van der Waals surface area contributed by atoms with Crippen LogP contribution in [-0.4, -0.2) is 69.0 Å². The third-order valence-corrected chi connectivity index (χ3v) is 7.30. The number of likely N-dealkylation sites (tertiary alicyclic amines) is 1. The summed E-state index contributed by atoms with van der Waals surface area (Å²) in [6, 6.07) is -0.0690. The van der Waals surface area contributed by atoms with Crippen LogP contribution in [0.15, 0.2) is 12.3 Å². The van der Waals surface area contributed by atoms with Crippen LogP contribution in [0.1, 0.15) is 65.9 Å². The van der Waals surface area contributed by atoms with E-state index in [1.165, 1.54) is 20.8 Å². The molecule has 3 heterocycles. The van der Waals surface area contributed by atoms with E-state index in [2.05, 4.69) is 20.6 Å². The Bertz CT molecular complexity index is 1220. The average molecular weight is 562 g/mol. The highest BCUT2D eigenvalue weighted by molar-refractivity contribution is 7.17. The minimum Gasteiger partial charge on any atom is -0.389 e. The van der Waals surface area contributed by atoms with Crippen LogP contribution in [0, 0.1) is 5.92 Å². The molecule has 1 atom stereocenters. The number of pyridine rings is 1. The van der Waals surface area contributed by atoms with Crippen molar-refractivity contribution in [3.05, 3.63) is 28.5 Å². The summed E-state index contributed by atoms with van der Waals surface area (Å²) in [5, 5.41) is 14.8. The number of carbonyl (C=O) groups excluding carboxylic acids is 2. The van der Waals surface area contributed by atoms with Crippen molar-refractivity contribution in [2.45, 2.75) is 63.8 Å². The summed E-state index contributed by atoms with van der Waals surface area (Å²) in [7, 11) is 0. The maximum absolute atomic E-state index is 14.2. The zero-order valence-electron chi connectivity index (χ0n) is 21.0. The monoisotopic (exact) mass is 561 g/mol. The molecule has 1 unspecified atom stereocenters. The lowest BCUT2D eigenvalue weighted by Gasteiger charge is -2.21. The summed E-state index contributed by atoms with van der Waals surface area (Å²) in [6.45, 7) is 3.63. The summed E-state index contributed by atoms with van der Waals surface area (Å²) in [6.07, 6.45) is -2.54. The van der Waals surface area contributed by atoms with E-state index in [0.717, 1.165) is 30.0 Å². The highest BCUT2D eigenvalue weighted by Crippen LogP contribution is 2.43. The zero-order valence-corrected chi connectivity index (χ0v) is 21.8. The van der Waals surface area contributed by atoms with Gasteiger partial charge in [0.25, 0.3) is 17.7 Å². The number of hydrogen-bond acceptors (Lipinski definition) is 7. The number of thiazole rings is 1. The Kier molecular flexibility index (Phi) is 7.43.